The van der Waals surface area contributed by atoms with Gasteiger partial charge in [-0.1, -0.05) is 11.6 Å². The minimum Gasteiger partial charge on any atom is -0.379 e. The monoisotopic (exact) mass is 531 g/mol. The van der Waals surface area contributed by atoms with Crippen molar-refractivity contribution in [2.24, 2.45) is 0 Å². The van der Waals surface area contributed by atoms with E-state index in [1.165, 1.54) is 0 Å². The molecule has 146 valence electrons. The lowest BCUT2D eigenvalue weighted by atomic mass is 10.1. The number of nitrogens with one attached hydrogen (secondary N) is 2. The molecule has 0 amide bonds. The number of rotatable bonds is 5. The highest BCUT2D eigenvalue weighted by Crippen LogP contribution is 2.42. The fraction of sp³-hybridized carbons (Fsp3) is 0.235. The Kier molecular flexibility index (Phi) is 5.32. The summed E-state index contributed by atoms with van der Waals surface area (Å²) in [7, 11) is 1.80. The molecule has 1 aromatic carbocycles. The first-order valence-electron chi connectivity index (χ1n) is 8.49. The lowest BCUT2D eigenvalue weighted by Crippen LogP contribution is -2.12. The van der Waals surface area contributed by atoms with Crippen LogP contribution in [0.2, 0.25) is 5.02 Å². The fourth-order valence-electron chi connectivity index (χ4n) is 3.05. The molecule has 2 N–H and O–H groups in total. The van der Waals surface area contributed by atoms with Crippen molar-refractivity contribution in [1.29, 1.82) is 0 Å². The number of halogens is 3. The van der Waals surface area contributed by atoms with E-state index < -0.39 is 5.82 Å². The van der Waals surface area contributed by atoms with Gasteiger partial charge in [0.1, 0.15) is 17.0 Å². The van der Waals surface area contributed by atoms with Gasteiger partial charge in [0, 0.05) is 36.4 Å². The molecule has 11 heteroatoms. The maximum atomic E-state index is 15.2. The van der Waals surface area contributed by atoms with Crippen LogP contribution in [0.1, 0.15) is 13.8 Å². The third-order valence-corrected chi connectivity index (χ3v) is 6.47. The summed E-state index contributed by atoms with van der Waals surface area (Å²) in [5.41, 5.74) is 2.61. The van der Waals surface area contributed by atoms with Gasteiger partial charge < -0.3 is 15.0 Å². The Morgan fingerprint density at radius 3 is 2.75 bits per heavy atom. The van der Waals surface area contributed by atoms with Gasteiger partial charge in [0.15, 0.2) is 11.5 Å². The maximum Gasteiger partial charge on any atom is 0.167 e. The van der Waals surface area contributed by atoms with E-state index in [1.54, 1.807) is 23.9 Å². The van der Waals surface area contributed by atoms with Crippen molar-refractivity contribution in [3.63, 3.8) is 0 Å². The lowest BCUT2D eigenvalue weighted by Gasteiger charge is -2.15. The Bertz CT molecular complexity index is 1190. The van der Waals surface area contributed by atoms with Crippen LogP contribution in [0.15, 0.2) is 24.8 Å². The highest BCUT2D eigenvalue weighted by atomic mass is 127. The highest BCUT2D eigenvalue weighted by molar-refractivity contribution is 14.2. The Morgan fingerprint density at radius 1 is 1.29 bits per heavy atom. The van der Waals surface area contributed by atoms with Crippen molar-refractivity contribution >= 4 is 68.1 Å². The van der Waals surface area contributed by atoms with E-state index in [-0.39, 0.29) is 11.1 Å². The van der Waals surface area contributed by atoms with Crippen LogP contribution in [0.3, 0.4) is 0 Å². The molecule has 1 atom stereocenters. The van der Waals surface area contributed by atoms with Crippen LogP contribution in [-0.4, -0.2) is 37.0 Å². The summed E-state index contributed by atoms with van der Waals surface area (Å²) < 4.78 is 18.8. The largest absolute Gasteiger partial charge is 0.379 e. The van der Waals surface area contributed by atoms with E-state index in [0.29, 0.717) is 34.5 Å². The van der Waals surface area contributed by atoms with Crippen molar-refractivity contribution in [2.45, 2.75) is 19.9 Å². The van der Waals surface area contributed by atoms with Crippen molar-refractivity contribution in [3.8, 4) is 11.3 Å². The topological polar surface area (TPSA) is 72.1 Å². The summed E-state index contributed by atoms with van der Waals surface area (Å²) in [5.74, 6) is 0.195. The van der Waals surface area contributed by atoms with Crippen LogP contribution >= 0.6 is 40.0 Å². The number of nitrogens with zero attached hydrogens (tertiary/aromatic N) is 5. The molecule has 0 spiro atoms. The first-order valence-corrected chi connectivity index (χ1v) is 12.9. The van der Waals surface area contributed by atoms with E-state index in [9.17, 15) is 0 Å². The number of anilines is 2. The minimum atomic E-state index is -0.525. The van der Waals surface area contributed by atoms with E-state index in [4.69, 9.17) is 11.6 Å². The molecule has 0 aliphatic rings. The first-order chi connectivity index (χ1) is 13.4. The van der Waals surface area contributed by atoms with Crippen LogP contribution in [0.5, 0.6) is 0 Å². The molecular weight excluding hydrogens is 515 g/mol. The molecule has 0 aliphatic carbocycles. The van der Waals surface area contributed by atoms with Crippen molar-refractivity contribution < 1.29 is 4.39 Å². The zero-order valence-electron chi connectivity index (χ0n) is 15.3. The average Bonchev–Trinajstić information content (AvgIpc) is 3.28. The predicted octanol–water partition coefficient (Wildman–Crippen LogP) is 5.19. The second-order valence-corrected chi connectivity index (χ2v) is 8.96. The molecule has 0 aliphatic heterocycles. The average molecular weight is 532 g/mol. The van der Waals surface area contributed by atoms with Gasteiger partial charge in [0.25, 0.3) is 0 Å². The predicted molar refractivity (Wildman–Crippen MR) is 123 cm³/mol. The minimum absolute atomic E-state index is 0.0211. The Balaban J connectivity index is 2.01. The summed E-state index contributed by atoms with van der Waals surface area (Å²) in [4.78, 5) is 8.87. The Hall–Kier alpha value is -1.71. The van der Waals surface area contributed by atoms with Gasteiger partial charge in [-0.25, -0.2) is 13.8 Å². The SMILES string of the molecule is CNc1cn2cc(-c3c(Cl)c(F)c(NC(C)C)c4nn(PI)cc34)ncc2n1. The van der Waals surface area contributed by atoms with Crippen LogP contribution in [0, 0.1) is 5.82 Å². The quantitative estimate of drug-likeness (QED) is 0.274. The van der Waals surface area contributed by atoms with Gasteiger partial charge in [-0.15, -0.1) is 0 Å². The third kappa shape index (κ3) is 3.29. The van der Waals surface area contributed by atoms with Crippen LogP contribution < -0.4 is 10.6 Å². The molecule has 7 nitrogen and oxygen atoms in total. The first kappa shape index (κ1) is 19.6. The number of benzene rings is 1. The van der Waals surface area contributed by atoms with Crippen LogP contribution in [0.4, 0.5) is 15.9 Å². The number of aromatic nitrogens is 5. The summed E-state index contributed by atoms with van der Waals surface area (Å²) in [6.45, 7) is 3.89. The molecule has 1 unspecified atom stereocenters. The molecule has 0 bridgehead atoms. The molecule has 0 saturated carbocycles. The van der Waals surface area contributed by atoms with Gasteiger partial charge in [-0.05, 0) is 35.9 Å². The summed E-state index contributed by atoms with van der Waals surface area (Å²) >= 11 is 8.74. The molecule has 0 radical (unpaired) electrons. The molecule has 3 heterocycles. The normalized spacial score (nSPS) is 12.1. The van der Waals surface area contributed by atoms with E-state index >= 15 is 4.39 Å². The molecule has 3 aromatic heterocycles. The number of hydrogen-bond donors (Lipinski definition) is 2. The molecule has 4 rings (SSSR count). The van der Waals surface area contributed by atoms with E-state index in [1.807, 2.05) is 30.6 Å². The van der Waals surface area contributed by atoms with Gasteiger partial charge in [-0.2, -0.15) is 5.10 Å². The second kappa shape index (κ2) is 7.61. The van der Waals surface area contributed by atoms with E-state index in [2.05, 4.69) is 47.7 Å². The zero-order chi connectivity index (χ0) is 20.0. The van der Waals surface area contributed by atoms with Crippen molar-refractivity contribution in [3.05, 3.63) is 35.6 Å². The third-order valence-electron chi connectivity index (χ3n) is 4.23. The summed E-state index contributed by atoms with van der Waals surface area (Å²) in [6, 6.07) is 0.0344. The van der Waals surface area contributed by atoms with E-state index in [0.717, 1.165) is 11.2 Å². The molecule has 4 aromatic rings. The standard InChI is InChI=1S/C17H17ClFIN7P/c1-8(2)23-17-15(19)14(18)13(9-5-27(28-20)25-16(9)17)10-6-26-7-11(21-3)24-12(26)4-22-10/h4-8,21,23,28H,1-3H3. The lowest BCUT2D eigenvalue weighted by molar-refractivity contribution is 0.630. The zero-order valence-corrected chi connectivity index (χ0v) is 19.2. The van der Waals surface area contributed by atoms with Crippen LogP contribution in [0.25, 0.3) is 27.8 Å². The van der Waals surface area contributed by atoms with Crippen LogP contribution in [-0.2, 0) is 0 Å². The van der Waals surface area contributed by atoms with Crippen molar-refractivity contribution in [1.82, 2.24) is 23.9 Å². The number of imidazole rings is 1. The fourth-order valence-corrected chi connectivity index (χ4v) is 4.40. The highest BCUT2D eigenvalue weighted by Gasteiger charge is 2.24. The van der Waals surface area contributed by atoms with Gasteiger partial charge in [-0.3, -0.25) is 4.98 Å². The Morgan fingerprint density at radius 2 is 2.07 bits per heavy atom. The summed E-state index contributed by atoms with van der Waals surface area (Å²) in [6.07, 6.45) is 7.53. The number of hydrogen-bond acceptors (Lipinski definition) is 5. The molecular formula is C17H17ClFIN7P. The maximum absolute atomic E-state index is 15.2. The number of fused-ring (bicyclic) bond motifs is 2. The van der Waals surface area contributed by atoms with Gasteiger partial charge >= 0.3 is 0 Å². The second-order valence-electron chi connectivity index (χ2n) is 6.51. The molecule has 0 saturated heterocycles. The molecule has 28 heavy (non-hydrogen) atoms. The van der Waals surface area contributed by atoms with Gasteiger partial charge in [0.05, 0.1) is 29.5 Å². The molecule has 0 fully saturated rings. The van der Waals surface area contributed by atoms with Gasteiger partial charge in [0.2, 0.25) is 0 Å². The Labute approximate surface area is 180 Å². The van der Waals surface area contributed by atoms with Crippen molar-refractivity contribution in [2.75, 3.05) is 17.7 Å². The summed E-state index contributed by atoms with van der Waals surface area (Å²) in [5, 5.41) is 11.5. The smallest absolute Gasteiger partial charge is 0.167 e.